The summed E-state index contributed by atoms with van der Waals surface area (Å²) in [5.74, 6) is 0.294. The Morgan fingerprint density at radius 1 is 1.22 bits per heavy atom. The summed E-state index contributed by atoms with van der Waals surface area (Å²) in [5, 5.41) is 19.1. The molecule has 0 spiro atoms. The molecule has 98 valence electrons. The molecule has 18 heavy (non-hydrogen) atoms. The van der Waals surface area contributed by atoms with E-state index in [0.29, 0.717) is 12.3 Å². The van der Waals surface area contributed by atoms with E-state index in [1.807, 2.05) is 30.3 Å². The van der Waals surface area contributed by atoms with Gasteiger partial charge in [-0.1, -0.05) is 39.0 Å². The van der Waals surface area contributed by atoms with Crippen LogP contribution in [0.15, 0.2) is 30.3 Å². The molecule has 1 aliphatic heterocycles. The molecule has 0 radical (unpaired) electrons. The number of hydrogen-bond acceptors (Lipinski definition) is 3. The summed E-state index contributed by atoms with van der Waals surface area (Å²) >= 11 is 0. The van der Waals surface area contributed by atoms with Gasteiger partial charge in [0, 0.05) is 24.1 Å². The lowest BCUT2D eigenvalue weighted by Gasteiger charge is -2.48. The largest absolute Gasteiger partial charge is 0.348 e. The van der Waals surface area contributed by atoms with Gasteiger partial charge in [0.25, 0.3) is 0 Å². The Morgan fingerprint density at radius 2 is 1.83 bits per heavy atom. The summed E-state index contributed by atoms with van der Waals surface area (Å²) in [7, 11) is 0. The van der Waals surface area contributed by atoms with Crippen molar-refractivity contribution in [3.05, 3.63) is 30.3 Å². The first-order chi connectivity index (χ1) is 8.41. The lowest BCUT2D eigenvalue weighted by molar-refractivity contribution is -0.0967. The minimum atomic E-state index is -0.207. The third-order valence-electron chi connectivity index (χ3n) is 3.26. The summed E-state index contributed by atoms with van der Waals surface area (Å²) in [6.07, 6.45) is 0.360. The zero-order valence-corrected chi connectivity index (χ0v) is 11.2. The van der Waals surface area contributed by atoms with Gasteiger partial charge in [0.05, 0.1) is 0 Å². The molecule has 0 aliphatic carbocycles. The number of amidine groups is 1. The molecule has 2 rings (SSSR count). The van der Waals surface area contributed by atoms with Crippen LogP contribution in [0.5, 0.6) is 0 Å². The molecule has 0 aromatic heterocycles. The van der Waals surface area contributed by atoms with E-state index in [0.717, 1.165) is 17.3 Å². The second kappa shape index (κ2) is 4.61. The van der Waals surface area contributed by atoms with Gasteiger partial charge in [0.2, 0.25) is 0 Å². The Labute approximate surface area is 108 Å². The fourth-order valence-electron chi connectivity index (χ4n) is 2.47. The first-order valence-electron chi connectivity index (χ1n) is 6.28. The van der Waals surface area contributed by atoms with Crippen LogP contribution in [-0.2, 0) is 0 Å². The van der Waals surface area contributed by atoms with E-state index in [2.05, 4.69) is 25.7 Å². The molecule has 0 saturated carbocycles. The maximum atomic E-state index is 10.2. The first-order valence-corrected chi connectivity index (χ1v) is 6.28. The highest BCUT2D eigenvalue weighted by Crippen LogP contribution is 2.33. The molecule has 1 aliphatic rings. The summed E-state index contributed by atoms with van der Waals surface area (Å²) < 4.78 is 0. The van der Waals surface area contributed by atoms with Gasteiger partial charge in [-0.3, -0.25) is 10.6 Å². The minimum Gasteiger partial charge on any atom is -0.348 e. The smallest absolute Gasteiger partial charge is 0.133 e. The Bertz CT molecular complexity index is 424. The van der Waals surface area contributed by atoms with Gasteiger partial charge >= 0.3 is 0 Å². The van der Waals surface area contributed by atoms with Gasteiger partial charge < -0.3 is 4.90 Å². The number of anilines is 1. The summed E-state index contributed by atoms with van der Waals surface area (Å²) in [4.78, 5) is 2.16. The van der Waals surface area contributed by atoms with Crippen LogP contribution in [0.2, 0.25) is 0 Å². The highest BCUT2D eigenvalue weighted by molar-refractivity contribution is 5.80. The molecule has 4 nitrogen and oxygen atoms in total. The zero-order chi connectivity index (χ0) is 13.3. The SMILES string of the molecule is CC(C)(C)C1N(O)C(=N)CCN1c1ccccc1. The normalized spacial score (nSPS) is 21.3. The molecule has 4 heteroatoms. The van der Waals surface area contributed by atoms with Gasteiger partial charge in [0.15, 0.2) is 0 Å². The van der Waals surface area contributed by atoms with Crippen molar-refractivity contribution in [3.63, 3.8) is 0 Å². The number of hydroxylamine groups is 2. The van der Waals surface area contributed by atoms with Gasteiger partial charge in [-0.2, -0.15) is 0 Å². The van der Waals surface area contributed by atoms with Crippen molar-refractivity contribution in [1.29, 1.82) is 5.41 Å². The standard InChI is InChI=1S/C14H21N3O/c1-14(2,3)13-16(10-9-12(15)17(13)18)11-7-5-4-6-8-11/h4-8,13,15,18H,9-10H2,1-3H3. The van der Waals surface area contributed by atoms with Crippen LogP contribution in [-0.4, -0.2) is 28.8 Å². The molecule has 0 bridgehead atoms. The second-order valence-electron chi connectivity index (χ2n) is 5.81. The number of hydrogen-bond donors (Lipinski definition) is 2. The topological polar surface area (TPSA) is 50.6 Å². The molecule has 1 unspecified atom stereocenters. The third-order valence-corrected chi connectivity index (χ3v) is 3.26. The number of nitrogens with one attached hydrogen (secondary N) is 1. The van der Waals surface area contributed by atoms with E-state index in [9.17, 15) is 5.21 Å². The van der Waals surface area contributed by atoms with Crippen molar-refractivity contribution in [2.45, 2.75) is 33.4 Å². The zero-order valence-electron chi connectivity index (χ0n) is 11.2. The summed E-state index contributed by atoms with van der Waals surface area (Å²) in [6, 6.07) is 10.1. The van der Waals surface area contributed by atoms with Gasteiger partial charge in [-0.05, 0) is 12.1 Å². The Kier molecular flexibility index (Phi) is 3.30. The summed E-state index contributed by atoms with van der Waals surface area (Å²) in [6.45, 7) is 7.00. The summed E-state index contributed by atoms with van der Waals surface area (Å²) in [5.41, 5.74) is 0.945. The van der Waals surface area contributed by atoms with Crippen LogP contribution in [0.4, 0.5) is 5.69 Å². The second-order valence-corrected chi connectivity index (χ2v) is 5.81. The number of benzene rings is 1. The van der Waals surface area contributed by atoms with E-state index in [1.165, 1.54) is 0 Å². The lowest BCUT2D eigenvalue weighted by atomic mass is 9.89. The monoisotopic (exact) mass is 247 g/mol. The van der Waals surface area contributed by atoms with Crippen LogP contribution in [0.25, 0.3) is 0 Å². The molecule has 1 aromatic carbocycles. The van der Waals surface area contributed by atoms with E-state index in [-0.39, 0.29) is 11.6 Å². The van der Waals surface area contributed by atoms with E-state index in [4.69, 9.17) is 5.41 Å². The number of rotatable bonds is 1. The Balaban J connectivity index is 2.36. The van der Waals surface area contributed by atoms with Gasteiger partial charge in [-0.15, -0.1) is 0 Å². The number of nitrogens with zero attached hydrogens (tertiary/aromatic N) is 2. The maximum Gasteiger partial charge on any atom is 0.133 e. The molecular formula is C14H21N3O. The van der Waals surface area contributed by atoms with Crippen LogP contribution < -0.4 is 4.90 Å². The first kappa shape index (κ1) is 12.9. The Morgan fingerprint density at radius 3 is 2.39 bits per heavy atom. The fraction of sp³-hybridized carbons (Fsp3) is 0.500. The molecule has 2 N–H and O–H groups in total. The van der Waals surface area contributed by atoms with Crippen molar-refractivity contribution >= 4 is 11.5 Å². The van der Waals surface area contributed by atoms with E-state index in [1.54, 1.807) is 0 Å². The molecule has 1 fully saturated rings. The molecule has 1 atom stereocenters. The minimum absolute atomic E-state index is 0.142. The molecule has 1 saturated heterocycles. The van der Waals surface area contributed by atoms with Crippen molar-refractivity contribution in [3.8, 4) is 0 Å². The van der Waals surface area contributed by atoms with Crippen molar-refractivity contribution < 1.29 is 5.21 Å². The van der Waals surface area contributed by atoms with Gasteiger partial charge in [-0.25, -0.2) is 5.06 Å². The van der Waals surface area contributed by atoms with Crippen molar-refractivity contribution in [2.75, 3.05) is 11.4 Å². The van der Waals surface area contributed by atoms with Gasteiger partial charge in [0.1, 0.15) is 12.0 Å². The third kappa shape index (κ3) is 2.34. The highest BCUT2D eigenvalue weighted by Gasteiger charge is 2.39. The van der Waals surface area contributed by atoms with Crippen LogP contribution in [0, 0.1) is 10.8 Å². The van der Waals surface area contributed by atoms with Crippen LogP contribution in [0.1, 0.15) is 27.2 Å². The van der Waals surface area contributed by atoms with Crippen molar-refractivity contribution in [1.82, 2.24) is 5.06 Å². The van der Waals surface area contributed by atoms with E-state index >= 15 is 0 Å². The highest BCUT2D eigenvalue weighted by atomic mass is 16.5. The van der Waals surface area contributed by atoms with Crippen LogP contribution >= 0.6 is 0 Å². The average molecular weight is 247 g/mol. The predicted molar refractivity (Wildman–Crippen MR) is 73.0 cm³/mol. The predicted octanol–water partition coefficient (Wildman–Crippen LogP) is 2.94. The molecule has 1 heterocycles. The Hall–Kier alpha value is -1.55. The van der Waals surface area contributed by atoms with Crippen molar-refractivity contribution in [2.24, 2.45) is 5.41 Å². The number of para-hydroxylation sites is 1. The molecular weight excluding hydrogens is 226 g/mol. The fourth-order valence-corrected chi connectivity index (χ4v) is 2.47. The molecule has 0 amide bonds. The lowest BCUT2D eigenvalue weighted by Crippen LogP contribution is -2.60. The van der Waals surface area contributed by atoms with Crippen LogP contribution in [0.3, 0.4) is 0 Å². The molecule has 1 aromatic rings. The van der Waals surface area contributed by atoms with E-state index < -0.39 is 0 Å². The quantitative estimate of drug-likeness (QED) is 0.802. The maximum absolute atomic E-state index is 10.2. The average Bonchev–Trinajstić information content (AvgIpc) is 2.32.